The minimum atomic E-state index is -1.12. The topological polar surface area (TPSA) is 191 Å². The summed E-state index contributed by atoms with van der Waals surface area (Å²) >= 11 is 3.13. The first-order valence-electron chi connectivity index (χ1n) is 9.50. The molecular formula is C20H29BrO12. The first-order valence-corrected chi connectivity index (χ1v) is 10.6. The van der Waals surface area contributed by atoms with Crippen LogP contribution in [0.4, 0.5) is 0 Å². The van der Waals surface area contributed by atoms with Gasteiger partial charge in [0, 0.05) is 0 Å². The maximum Gasteiger partial charge on any atom is 0.519 e. The fourth-order valence-corrected chi connectivity index (χ4v) is 2.43. The highest BCUT2D eigenvalue weighted by Gasteiger charge is 2.20. The van der Waals surface area contributed by atoms with E-state index in [-0.39, 0.29) is 31.0 Å². The van der Waals surface area contributed by atoms with E-state index in [1.54, 1.807) is 6.92 Å². The molecule has 0 fully saturated rings. The fourth-order valence-electron chi connectivity index (χ4n) is 1.92. The van der Waals surface area contributed by atoms with Gasteiger partial charge in [-0.05, 0) is 41.5 Å². The average Bonchev–Trinajstić information content (AvgIpc) is 3.10. The van der Waals surface area contributed by atoms with Crippen molar-refractivity contribution in [1.82, 2.24) is 0 Å². The summed E-state index contributed by atoms with van der Waals surface area (Å²) in [4.78, 5) is 42.1. The SMILES string of the molecule is CC(C)(O)CC(=O)O.Cc1oc(=O)oc1CBr.Cc1oc(=O)oc1COC(=O)CC(C)(C)O. The van der Waals surface area contributed by atoms with Crippen molar-refractivity contribution in [2.75, 3.05) is 0 Å². The largest absolute Gasteiger partial charge is 0.519 e. The molecule has 3 N–H and O–H groups in total. The molecule has 2 aromatic heterocycles. The Morgan fingerprint density at radius 1 is 0.848 bits per heavy atom. The molecule has 0 amide bonds. The van der Waals surface area contributed by atoms with Gasteiger partial charge < -0.3 is 37.7 Å². The molecule has 0 radical (unpaired) electrons. The van der Waals surface area contributed by atoms with Crippen molar-refractivity contribution in [2.45, 2.75) is 77.5 Å². The summed E-state index contributed by atoms with van der Waals surface area (Å²) in [5, 5.41) is 26.8. The molecule has 2 aromatic rings. The molecule has 188 valence electrons. The van der Waals surface area contributed by atoms with Crippen molar-refractivity contribution >= 4 is 27.9 Å². The van der Waals surface area contributed by atoms with E-state index < -0.39 is 34.8 Å². The van der Waals surface area contributed by atoms with Crippen molar-refractivity contribution in [3.63, 3.8) is 0 Å². The third kappa shape index (κ3) is 14.9. The molecule has 0 saturated heterocycles. The Hall–Kier alpha value is -2.64. The van der Waals surface area contributed by atoms with Crippen LogP contribution in [0.1, 0.15) is 63.6 Å². The van der Waals surface area contributed by atoms with Gasteiger partial charge in [0.1, 0.15) is 5.76 Å². The quantitative estimate of drug-likeness (QED) is 0.343. The lowest BCUT2D eigenvalue weighted by atomic mass is 10.1. The number of halogens is 1. The summed E-state index contributed by atoms with van der Waals surface area (Å²) in [5.74, 6) is -1.46. The van der Waals surface area contributed by atoms with Crippen LogP contribution in [-0.4, -0.2) is 38.5 Å². The van der Waals surface area contributed by atoms with E-state index in [1.807, 2.05) is 0 Å². The van der Waals surface area contributed by atoms with E-state index in [1.165, 1.54) is 34.6 Å². The Kier molecular flexibility index (Phi) is 12.1. The second kappa shape index (κ2) is 13.2. The van der Waals surface area contributed by atoms with Crippen LogP contribution in [0.3, 0.4) is 0 Å². The lowest BCUT2D eigenvalue weighted by Gasteiger charge is -2.15. The molecule has 0 aliphatic rings. The molecule has 0 spiro atoms. The monoisotopic (exact) mass is 540 g/mol. The molecule has 12 nitrogen and oxygen atoms in total. The number of hydrogen-bond acceptors (Lipinski definition) is 11. The van der Waals surface area contributed by atoms with E-state index in [0.29, 0.717) is 16.9 Å². The number of carboxylic acids is 1. The van der Waals surface area contributed by atoms with Gasteiger partial charge in [0.15, 0.2) is 23.9 Å². The number of hydrogen-bond donors (Lipinski definition) is 3. The van der Waals surface area contributed by atoms with Crippen molar-refractivity contribution in [3.05, 3.63) is 44.3 Å². The lowest BCUT2D eigenvalue weighted by molar-refractivity contribution is -0.150. The Bertz CT molecular complexity index is 994. The minimum Gasteiger partial charge on any atom is -0.481 e. The average molecular weight is 541 g/mol. The number of rotatable bonds is 7. The molecule has 2 rings (SSSR count). The van der Waals surface area contributed by atoms with Crippen molar-refractivity contribution in [3.8, 4) is 0 Å². The summed E-state index contributed by atoms with van der Waals surface area (Å²) in [6.07, 6.45) is -0.332. The fraction of sp³-hybridized carbons (Fsp3) is 0.600. The van der Waals surface area contributed by atoms with E-state index in [9.17, 15) is 24.3 Å². The van der Waals surface area contributed by atoms with Crippen LogP contribution in [0.2, 0.25) is 0 Å². The third-order valence-electron chi connectivity index (χ3n) is 3.32. The number of aliphatic carboxylic acids is 1. The second-order valence-corrected chi connectivity index (χ2v) is 8.59. The van der Waals surface area contributed by atoms with Crippen LogP contribution in [-0.2, 0) is 26.3 Å². The van der Waals surface area contributed by atoms with E-state index in [0.717, 1.165) is 0 Å². The predicted octanol–water partition coefficient (Wildman–Crippen LogP) is 2.41. The minimum absolute atomic E-state index is 0.131. The Morgan fingerprint density at radius 2 is 1.27 bits per heavy atom. The maximum atomic E-state index is 11.2. The number of aliphatic hydroxyl groups is 2. The van der Waals surface area contributed by atoms with Crippen LogP contribution in [0.5, 0.6) is 0 Å². The van der Waals surface area contributed by atoms with Crippen LogP contribution in [0.15, 0.2) is 27.3 Å². The summed E-state index contributed by atoms with van der Waals surface area (Å²) < 4.78 is 23.2. The molecule has 0 aromatic carbocycles. The van der Waals surface area contributed by atoms with Gasteiger partial charge in [-0.2, -0.15) is 0 Å². The zero-order valence-corrected chi connectivity index (χ0v) is 20.8. The molecule has 0 unspecified atom stereocenters. The Morgan fingerprint density at radius 3 is 1.52 bits per heavy atom. The number of alkyl halides is 1. The third-order valence-corrected chi connectivity index (χ3v) is 3.83. The number of aryl methyl sites for hydroxylation is 2. The van der Waals surface area contributed by atoms with Crippen molar-refractivity contribution < 1.29 is 47.3 Å². The summed E-state index contributed by atoms with van der Waals surface area (Å²) in [7, 11) is 0. The van der Waals surface area contributed by atoms with Crippen molar-refractivity contribution in [1.29, 1.82) is 0 Å². The second-order valence-electron chi connectivity index (χ2n) is 8.03. The van der Waals surface area contributed by atoms with Crippen LogP contribution in [0, 0.1) is 13.8 Å². The smallest absolute Gasteiger partial charge is 0.481 e. The maximum absolute atomic E-state index is 11.2. The number of carbonyl (C=O) groups is 2. The van der Waals surface area contributed by atoms with Crippen LogP contribution >= 0.6 is 15.9 Å². The highest BCUT2D eigenvalue weighted by molar-refractivity contribution is 9.08. The first-order chi connectivity index (χ1) is 14.9. The van der Waals surface area contributed by atoms with Gasteiger partial charge in [0.05, 0.1) is 29.4 Å². The van der Waals surface area contributed by atoms with Gasteiger partial charge in [0.2, 0.25) is 0 Å². The highest BCUT2D eigenvalue weighted by atomic mass is 79.9. The van der Waals surface area contributed by atoms with Crippen LogP contribution in [0.25, 0.3) is 0 Å². The zero-order valence-electron chi connectivity index (χ0n) is 19.2. The normalized spacial score (nSPS) is 11.1. The molecule has 0 aliphatic carbocycles. The zero-order chi connectivity index (χ0) is 26.0. The van der Waals surface area contributed by atoms with E-state index >= 15 is 0 Å². The molecule has 2 heterocycles. The summed E-state index contributed by atoms with van der Waals surface area (Å²) in [6, 6.07) is 0. The van der Waals surface area contributed by atoms with Crippen LogP contribution < -0.4 is 11.6 Å². The first kappa shape index (κ1) is 30.4. The van der Waals surface area contributed by atoms with Gasteiger partial charge in [-0.3, -0.25) is 9.59 Å². The van der Waals surface area contributed by atoms with Gasteiger partial charge in [0.25, 0.3) is 0 Å². The number of ether oxygens (including phenoxy) is 1. The lowest BCUT2D eigenvalue weighted by Crippen LogP contribution is -2.24. The molecule has 0 aliphatic heterocycles. The van der Waals surface area contributed by atoms with Gasteiger partial charge in [-0.25, -0.2) is 9.59 Å². The standard InChI is InChI=1S/C10H14O6.C5H5BrO3.C5H10O3/c1-6-7(16-9(12)15-6)5-14-8(11)4-10(2,3)13;1-3-4(2-6)9-5(7)8-3;1-5(2,8)3-4(6)7/h13H,4-5H2,1-3H3;2H2,1H3;8H,3H2,1-2H3,(H,6,7). The highest BCUT2D eigenvalue weighted by Crippen LogP contribution is 2.11. The van der Waals surface area contributed by atoms with Gasteiger partial charge in [-0.15, -0.1) is 0 Å². The Balaban J connectivity index is 0.000000511. The molecule has 13 heteroatoms. The summed E-state index contributed by atoms with van der Waals surface area (Å²) in [5.41, 5.74) is -2.20. The van der Waals surface area contributed by atoms with Crippen molar-refractivity contribution in [2.24, 2.45) is 0 Å². The molecule has 0 saturated carbocycles. The molecule has 0 atom stereocenters. The predicted molar refractivity (Wildman–Crippen MR) is 116 cm³/mol. The molecule has 0 bridgehead atoms. The number of esters is 1. The molecular weight excluding hydrogens is 512 g/mol. The van der Waals surface area contributed by atoms with E-state index in [4.69, 9.17) is 14.9 Å². The van der Waals surface area contributed by atoms with Gasteiger partial charge in [-0.1, -0.05) is 15.9 Å². The van der Waals surface area contributed by atoms with Gasteiger partial charge >= 0.3 is 23.6 Å². The molecule has 33 heavy (non-hydrogen) atoms. The number of carbonyl (C=O) groups excluding carboxylic acids is 1. The summed E-state index contributed by atoms with van der Waals surface area (Å²) in [6.45, 7) is 8.95. The van der Waals surface area contributed by atoms with E-state index in [2.05, 4.69) is 33.6 Å². The number of carboxylic acid groups (broad SMARTS) is 1. The Labute approximate surface area is 197 Å².